The van der Waals surface area contributed by atoms with Gasteiger partial charge in [-0.1, -0.05) is 6.07 Å². The molecule has 5 nitrogen and oxygen atoms in total. The van der Waals surface area contributed by atoms with Crippen LogP contribution in [0.4, 0.5) is 0 Å². The van der Waals surface area contributed by atoms with Crippen LogP contribution in [-0.4, -0.2) is 27.9 Å². The molecule has 0 radical (unpaired) electrons. The number of nitrogens with zero attached hydrogens (tertiary/aromatic N) is 2. The van der Waals surface area contributed by atoms with E-state index in [-0.39, 0.29) is 6.61 Å². The van der Waals surface area contributed by atoms with Crippen LogP contribution in [0.2, 0.25) is 0 Å². The molecule has 1 aromatic heterocycles. The molecule has 1 aliphatic rings. The molecule has 0 atom stereocenters. The Morgan fingerprint density at radius 1 is 1.28 bits per heavy atom. The third-order valence-electron chi connectivity index (χ3n) is 4.41. The Balaban J connectivity index is 1.80. The standard InChI is InChI=1S/C20H20N2O3/c1-2-24-18-7-6-14(12-15(18)13-23)20-21-9-10-22(20)17-4-3-5-19-16(17)8-11-25-19/h3-7,9-10,12,23H,2,8,11,13H2,1H3. The predicted molar refractivity (Wildman–Crippen MR) is 95.3 cm³/mol. The van der Waals surface area contributed by atoms with Crippen LogP contribution < -0.4 is 9.47 Å². The second-order valence-corrected chi connectivity index (χ2v) is 5.89. The fourth-order valence-electron chi connectivity index (χ4n) is 3.28. The zero-order valence-electron chi connectivity index (χ0n) is 14.1. The third kappa shape index (κ3) is 2.76. The van der Waals surface area contributed by atoms with Crippen LogP contribution in [0, 0.1) is 0 Å². The van der Waals surface area contributed by atoms with E-state index in [4.69, 9.17) is 9.47 Å². The average Bonchev–Trinajstić information content (AvgIpc) is 3.31. The summed E-state index contributed by atoms with van der Waals surface area (Å²) in [4.78, 5) is 4.54. The van der Waals surface area contributed by atoms with E-state index in [2.05, 4.69) is 15.6 Å². The van der Waals surface area contributed by atoms with Gasteiger partial charge in [0.1, 0.15) is 17.3 Å². The van der Waals surface area contributed by atoms with Gasteiger partial charge < -0.3 is 14.6 Å². The van der Waals surface area contributed by atoms with Gasteiger partial charge in [-0.15, -0.1) is 0 Å². The highest BCUT2D eigenvalue weighted by molar-refractivity contribution is 5.64. The Labute approximate surface area is 146 Å². The Kier molecular flexibility index (Phi) is 4.15. The maximum absolute atomic E-state index is 9.66. The van der Waals surface area contributed by atoms with Crippen LogP contribution in [0.15, 0.2) is 48.8 Å². The highest BCUT2D eigenvalue weighted by Crippen LogP contribution is 2.33. The summed E-state index contributed by atoms with van der Waals surface area (Å²) in [6.45, 7) is 3.14. The van der Waals surface area contributed by atoms with Gasteiger partial charge in [0.2, 0.25) is 0 Å². The Bertz CT molecular complexity index is 902. The van der Waals surface area contributed by atoms with Gasteiger partial charge >= 0.3 is 0 Å². The SMILES string of the molecule is CCOc1ccc(-c2nccn2-c2cccc3c2CCO3)cc1CO. The molecule has 0 saturated carbocycles. The van der Waals surface area contributed by atoms with Gasteiger partial charge in [0.15, 0.2) is 0 Å². The fraction of sp³-hybridized carbons (Fsp3) is 0.250. The second-order valence-electron chi connectivity index (χ2n) is 5.89. The number of ether oxygens (including phenoxy) is 2. The summed E-state index contributed by atoms with van der Waals surface area (Å²) in [5, 5.41) is 9.66. The molecular weight excluding hydrogens is 316 g/mol. The number of rotatable bonds is 5. The van der Waals surface area contributed by atoms with Gasteiger partial charge in [-0.2, -0.15) is 0 Å². The molecule has 1 N–H and O–H groups in total. The number of aliphatic hydroxyl groups excluding tert-OH is 1. The quantitative estimate of drug-likeness (QED) is 0.776. The third-order valence-corrected chi connectivity index (χ3v) is 4.41. The van der Waals surface area contributed by atoms with Crippen molar-refractivity contribution in [2.45, 2.75) is 20.0 Å². The molecule has 2 aromatic carbocycles. The molecule has 3 aromatic rings. The number of aromatic nitrogens is 2. The molecule has 25 heavy (non-hydrogen) atoms. The van der Waals surface area contributed by atoms with Gasteiger partial charge in [0.05, 0.1) is 25.5 Å². The topological polar surface area (TPSA) is 56.5 Å². The summed E-state index contributed by atoms with van der Waals surface area (Å²) in [5.41, 5.74) is 3.99. The molecule has 128 valence electrons. The van der Waals surface area contributed by atoms with E-state index in [1.54, 1.807) is 6.20 Å². The zero-order chi connectivity index (χ0) is 17.2. The maximum atomic E-state index is 9.66. The summed E-state index contributed by atoms with van der Waals surface area (Å²) in [7, 11) is 0. The smallest absolute Gasteiger partial charge is 0.144 e. The van der Waals surface area contributed by atoms with E-state index in [1.807, 2.05) is 43.5 Å². The molecular formula is C20H20N2O3. The Morgan fingerprint density at radius 3 is 3.04 bits per heavy atom. The number of hydrogen-bond acceptors (Lipinski definition) is 4. The van der Waals surface area contributed by atoms with E-state index in [9.17, 15) is 5.11 Å². The molecule has 4 rings (SSSR count). The number of fused-ring (bicyclic) bond motifs is 1. The highest BCUT2D eigenvalue weighted by Gasteiger charge is 2.19. The monoisotopic (exact) mass is 336 g/mol. The van der Waals surface area contributed by atoms with Gasteiger partial charge in [0.25, 0.3) is 0 Å². The van der Waals surface area contributed by atoms with Crippen molar-refractivity contribution in [1.82, 2.24) is 9.55 Å². The lowest BCUT2D eigenvalue weighted by Gasteiger charge is -2.14. The molecule has 0 aliphatic carbocycles. The molecule has 0 spiro atoms. The van der Waals surface area contributed by atoms with E-state index in [1.165, 1.54) is 5.56 Å². The van der Waals surface area contributed by atoms with Gasteiger partial charge in [-0.3, -0.25) is 4.57 Å². The van der Waals surface area contributed by atoms with Crippen molar-refractivity contribution in [3.63, 3.8) is 0 Å². The summed E-state index contributed by atoms with van der Waals surface area (Å²) in [5.74, 6) is 2.48. The average molecular weight is 336 g/mol. The van der Waals surface area contributed by atoms with Crippen molar-refractivity contribution < 1.29 is 14.6 Å². The molecule has 0 unspecified atom stereocenters. The minimum Gasteiger partial charge on any atom is -0.494 e. The lowest BCUT2D eigenvalue weighted by molar-refractivity contribution is 0.267. The second kappa shape index (κ2) is 6.61. The summed E-state index contributed by atoms with van der Waals surface area (Å²) in [6.07, 6.45) is 4.65. The van der Waals surface area contributed by atoms with Gasteiger partial charge in [-0.05, 0) is 37.3 Å². The number of imidazole rings is 1. The van der Waals surface area contributed by atoms with Crippen molar-refractivity contribution in [3.8, 4) is 28.6 Å². The molecule has 2 heterocycles. The van der Waals surface area contributed by atoms with Crippen molar-refractivity contribution in [2.75, 3.05) is 13.2 Å². The summed E-state index contributed by atoms with van der Waals surface area (Å²) in [6, 6.07) is 11.9. The first-order valence-corrected chi connectivity index (χ1v) is 8.47. The van der Waals surface area contributed by atoms with Crippen molar-refractivity contribution in [2.24, 2.45) is 0 Å². The van der Waals surface area contributed by atoms with Crippen LogP contribution in [-0.2, 0) is 13.0 Å². The lowest BCUT2D eigenvalue weighted by atomic mass is 10.1. The minimum atomic E-state index is -0.0710. The van der Waals surface area contributed by atoms with Crippen molar-refractivity contribution >= 4 is 0 Å². The first kappa shape index (κ1) is 15.7. The fourth-order valence-corrected chi connectivity index (χ4v) is 3.28. The van der Waals surface area contributed by atoms with E-state index in [0.29, 0.717) is 19.0 Å². The first-order chi connectivity index (χ1) is 12.3. The van der Waals surface area contributed by atoms with Crippen molar-refractivity contribution in [1.29, 1.82) is 0 Å². The Morgan fingerprint density at radius 2 is 2.20 bits per heavy atom. The lowest BCUT2D eigenvalue weighted by Crippen LogP contribution is -2.01. The van der Waals surface area contributed by atoms with Crippen LogP contribution in [0.3, 0.4) is 0 Å². The summed E-state index contributed by atoms with van der Waals surface area (Å²) >= 11 is 0. The first-order valence-electron chi connectivity index (χ1n) is 8.47. The number of hydrogen-bond donors (Lipinski definition) is 1. The largest absolute Gasteiger partial charge is 0.494 e. The van der Waals surface area contributed by atoms with Crippen molar-refractivity contribution in [3.05, 3.63) is 59.9 Å². The zero-order valence-corrected chi connectivity index (χ0v) is 14.1. The Hall–Kier alpha value is -2.79. The molecule has 0 amide bonds. The van der Waals surface area contributed by atoms with Crippen LogP contribution in [0.25, 0.3) is 17.1 Å². The highest BCUT2D eigenvalue weighted by atomic mass is 16.5. The molecule has 5 heteroatoms. The van der Waals surface area contributed by atoms with Gasteiger partial charge in [-0.25, -0.2) is 4.98 Å². The molecule has 1 aliphatic heterocycles. The van der Waals surface area contributed by atoms with Crippen LogP contribution in [0.1, 0.15) is 18.1 Å². The predicted octanol–water partition coefficient (Wildman–Crippen LogP) is 3.37. The normalized spacial score (nSPS) is 12.7. The van der Waals surface area contributed by atoms with Gasteiger partial charge in [0, 0.05) is 35.5 Å². The van der Waals surface area contributed by atoms with Crippen LogP contribution in [0.5, 0.6) is 11.5 Å². The van der Waals surface area contributed by atoms with E-state index in [0.717, 1.165) is 34.8 Å². The van der Waals surface area contributed by atoms with E-state index >= 15 is 0 Å². The summed E-state index contributed by atoms with van der Waals surface area (Å²) < 4.78 is 13.3. The molecule has 0 fully saturated rings. The number of aliphatic hydroxyl groups is 1. The number of benzene rings is 2. The van der Waals surface area contributed by atoms with E-state index < -0.39 is 0 Å². The molecule has 0 bridgehead atoms. The molecule has 0 saturated heterocycles. The van der Waals surface area contributed by atoms with Crippen LogP contribution >= 0.6 is 0 Å². The maximum Gasteiger partial charge on any atom is 0.144 e. The minimum absolute atomic E-state index is 0.0710.